The maximum absolute atomic E-state index is 11.3. The van der Waals surface area contributed by atoms with Crippen LogP contribution in [0.1, 0.15) is 46.0 Å². The summed E-state index contributed by atoms with van der Waals surface area (Å²) >= 11 is 0. The molecular weight excluding hydrogens is 180 g/mol. The Morgan fingerprint density at radius 1 is 1.57 bits per heavy atom. The molecule has 0 radical (unpaired) electrons. The Morgan fingerprint density at radius 3 is 2.79 bits per heavy atom. The van der Waals surface area contributed by atoms with Crippen molar-refractivity contribution in [3.63, 3.8) is 0 Å². The second-order valence-electron chi connectivity index (χ2n) is 4.05. The Hall–Kier alpha value is -0.570. The molecule has 0 bridgehead atoms. The summed E-state index contributed by atoms with van der Waals surface area (Å²) in [5.41, 5.74) is -0.592. The summed E-state index contributed by atoms with van der Waals surface area (Å²) in [6.07, 6.45) is 4.26. The van der Waals surface area contributed by atoms with E-state index in [1.54, 1.807) is 0 Å². The first-order valence-corrected chi connectivity index (χ1v) is 5.52. The number of rotatable bonds is 5. The van der Waals surface area contributed by atoms with Crippen LogP contribution in [0.4, 0.5) is 0 Å². The van der Waals surface area contributed by atoms with E-state index in [1.165, 1.54) is 0 Å². The van der Waals surface area contributed by atoms with Gasteiger partial charge in [0.1, 0.15) is 0 Å². The molecule has 3 heteroatoms. The van der Waals surface area contributed by atoms with Gasteiger partial charge in [0.2, 0.25) is 0 Å². The molecule has 1 fully saturated rings. The van der Waals surface area contributed by atoms with Gasteiger partial charge in [0, 0.05) is 6.61 Å². The molecule has 0 aromatic carbocycles. The maximum atomic E-state index is 11.3. The van der Waals surface area contributed by atoms with Crippen LogP contribution in [0.25, 0.3) is 0 Å². The number of aliphatic carboxylic acids is 1. The van der Waals surface area contributed by atoms with Crippen molar-refractivity contribution in [3.05, 3.63) is 0 Å². The zero-order valence-corrected chi connectivity index (χ0v) is 9.08. The monoisotopic (exact) mass is 200 g/mol. The molecule has 2 atom stereocenters. The molecule has 2 unspecified atom stereocenters. The largest absolute Gasteiger partial charge is 0.481 e. The van der Waals surface area contributed by atoms with Gasteiger partial charge >= 0.3 is 5.97 Å². The van der Waals surface area contributed by atoms with Crippen molar-refractivity contribution in [3.8, 4) is 0 Å². The fraction of sp³-hybridized carbons (Fsp3) is 0.909. The number of ether oxygens (including phenoxy) is 1. The Kier molecular flexibility index (Phi) is 3.93. The molecule has 1 aliphatic carbocycles. The van der Waals surface area contributed by atoms with Crippen molar-refractivity contribution in [2.45, 2.75) is 52.1 Å². The van der Waals surface area contributed by atoms with Crippen molar-refractivity contribution in [1.82, 2.24) is 0 Å². The van der Waals surface area contributed by atoms with E-state index in [2.05, 4.69) is 0 Å². The number of carbonyl (C=O) groups is 1. The minimum atomic E-state index is -0.671. The third-order valence-electron chi connectivity index (χ3n) is 3.20. The van der Waals surface area contributed by atoms with Gasteiger partial charge in [0.25, 0.3) is 0 Å². The predicted molar refractivity (Wildman–Crippen MR) is 54.2 cm³/mol. The number of carboxylic acid groups (broad SMARTS) is 1. The van der Waals surface area contributed by atoms with Crippen molar-refractivity contribution < 1.29 is 14.6 Å². The summed E-state index contributed by atoms with van der Waals surface area (Å²) in [4.78, 5) is 11.3. The van der Waals surface area contributed by atoms with Gasteiger partial charge in [-0.15, -0.1) is 0 Å². The molecule has 0 amide bonds. The van der Waals surface area contributed by atoms with Crippen molar-refractivity contribution in [2.24, 2.45) is 5.41 Å². The van der Waals surface area contributed by atoms with Crippen LogP contribution < -0.4 is 0 Å². The minimum absolute atomic E-state index is 0.0649. The van der Waals surface area contributed by atoms with Gasteiger partial charge in [0.05, 0.1) is 11.5 Å². The first-order valence-electron chi connectivity index (χ1n) is 5.52. The van der Waals surface area contributed by atoms with E-state index in [-0.39, 0.29) is 6.10 Å². The zero-order valence-electron chi connectivity index (χ0n) is 9.08. The van der Waals surface area contributed by atoms with E-state index in [4.69, 9.17) is 4.74 Å². The van der Waals surface area contributed by atoms with Crippen molar-refractivity contribution in [1.29, 1.82) is 0 Å². The standard InChI is InChI=1S/C11H20O3/c1-3-7-11(10(12)13)8-5-6-9(11)14-4-2/h9H,3-8H2,1-2H3,(H,12,13). The van der Waals surface area contributed by atoms with Crippen molar-refractivity contribution >= 4 is 5.97 Å². The molecule has 1 rings (SSSR count). The first-order chi connectivity index (χ1) is 6.67. The quantitative estimate of drug-likeness (QED) is 0.741. The lowest BCUT2D eigenvalue weighted by Gasteiger charge is -2.30. The van der Waals surface area contributed by atoms with Gasteiger partial charge in [-0.25, -0.2) is 0 Å². The third kappa shape index (κ3) is 1.92. The van der Waals surface area contributed by atoms with Gasteiger partial charge in [-0.1, -0.05) is 13.3 Å². The molecule has 0 aliphatic heterocycles. The molecule has 0 saturated heterocycles. The molecule has 82 valence electrons. The predicted octanol–water partition coefficient (Wildman–Crippen LogP) is 2.45. The Balaban J connectivity index is 2.77. The molecular formula is C11H20O3. The van der Waals surface area contributed by atoms with Crippen LogP contribution in [0.3, 0.4) is 0 Å². The van der Waals surface area contributed by atoms with Gasteiger partial charge in [0.15, 0.2) is 0 Å². The summed E-state index contributed by atoms with van der Waals surface area (Å²) in [5.74, 6) is -0.671. The van der Waals surface area contributed by atoms with Crippen LogP contribution in [0, 0.1) is 5.41 Å². The summed E-state index contributed by atoms with van der Waals surface area (Å²) < 4.78 is 5.55. The molecule has 0 heterocycles. The average molecular weight is 200 g/mol. The number of carboxylic acids is 1. The second-order valence-corrected chi connectivity index (χ2v) is 4.05. The lowest BCUT2D eigenvalue weighted by Crippen LogP contribution is -2.39. The lowest BCUT2D eigenvalue weighted by atomic mass is 9.80. The lowest BCUT2D eigenvalue weighted by molar-refractivity contribution is -0.158. The molecule has 3 nitrogen and oxygen atoms in total. The molecule has 0 aromatic heterocycles. The average Bonchev–Trinajstić information content (AvgIpc) is 2.51. The van der Waals surface area contributed by atoms with Crippen LogP contribution in [0.2, 0.25) is 0 Å². The Bertz CT molecular complexity index is 203. The second kappa shape index (κ2) is 4.78. The minimum Gasteiger partial charge on any atom is -0.481 e. The van der Waals surface area contributed by atoms with E-state index in [0.717, 1.165) is 32.1 Å². The smallest absolute Gasteiger partial charge is 0.312 e. The van der Waals surface area contributed by atoms with Gasteiger partial charge in [-0.05, 0) is 32.6 Å². The zero-order chi connectivity index (χ0) is 10.6. The first kappa shape index (κ1) is 11.5. The van der Waals surface area contributed by atoms with E-state index >= 15 is 0 Å². The molecule has 0 aromatic rings. The Morgan fingerprint density at radius 2 is 2.29 bits per heavy atom. The highest BCUT2D eigenvalue weighted by Crippen LogP contribution is 2.44. The fourth-order valence-electron chi connectivity index (χ4n) is 2.57. The fourth-order valence-corrected chi connectivity index (χ4v) is 2.57. The third-order valence-corrected chi connectivity index (χ3v) is 3.20. The van der Waals surface area contributed by atoms with E-state index in [1.807, 2.05) is 13.8 Å². The number of hydrogen-bond donors (Lipinski definition) is 1. The summed E-state index contributed by atoms with van der Waals surface area (Å²) in [7, 11) is 0. The van der Waals surface area contributed by atoms with Crippen LogP contribution in [-0.4, -0.2) is 23.8 Å². The number of hydrogen-bond acceptors (Lipinski definition) is 2. The molecule has 14 heavy (non-hydrogen) atoms. The highest BCUT2D eigenvalue weighted by molar-refractivity contribution is 5.76. The van der Waals surface area contributed by atoms with Crippen molar-refractivity contribution in [2.75, 3.05) is 6.61 Å². The van der Waals surface area contributed by atoms with Gasteiger partial charge in [-0.3, -0.25) is 4.79 Å². The van der Waals surface area contributed by atoms with Gasteiger partial charge in [-0.2, -0.15) is 0 Å². The SMILES string of the molecule is CCCC1(C(=O)O)CCCC1OCC. The van der Waals surface area contributed by atoms with E-state index < -0.39 is 11.4 Å². The summed E-state index contributed by atoms with van der Waals surface area (Å²) in [6.45, 7) is 4.58. The maximum Gasteiger partial charge on any atom is 0.312 e. The summed E-state index contributed by atoms with van der Waals surface area (Å²) in [6, 6.07) is 0. The van der Waals surface area contributed by atoms with Crippen LogP contribution >= 0.6 is 0 Å². The summed E-state index contributed by atoms with van der Waals surface area (Å²) in [5, 5.41) is 9.31. The van der Waals surface area contributed by atoms with E-state index in [9.17, 15) is 9.90 Å². The molecule has 1 saturated carbocycles. The van der Waals surface area contributed by atoms with E-state index in [0.29, 0.717) is 6.61 Å². The van der Waals surface area contributed by atoms with Gasteiger partial charge < -0.3 is 9.84 Å². The highest BCUT2D eigenvalue weighted by atomic mass is 16.5. The Labute approximate surface area is 85.5 Å². The normalized spacial score (nSPS) is 32.0. The molecule has 1 N–H and O–H groups in total. The van der Waals surface area contributed by atoms with Crippen LogP contribution in [0.15, 0.2) is 0 Å². The highest BCUT2D eigenvalue weighted by Gasteiger charge is 2.49. The molecule has 0 spiro atoms. The van der Waals surface area contributed by atoms with Crippen LogP contribution in [0.5, 0.6) is 0 Å². The topological polar surface area (TPSA) is 46.5 Å². The van der Waals surface area contributed by atoms with Crippen LogP contribution in [-0.2, 0) is 9.53 Å². The molecule has 1 aliphatic rings.